The van der Waals surface area contributed by atoms with Crippen LogP contribution in [0.2, 0.25) is 0 Å². The molecule has 1 heterocycles. The van der Waals surface area contributed by atoms with E-state index in [1.807, 2.05) is 6.07 Å². The van der Waals surface area contributed by atoms with Crippen LogP contribution in [0.15, 0.2) is 36.4 Å². The first-order valence-corrected chi connectivity index (χ1v) is 11.1. The van der Waals surface area contributed by atoms with Crippen LogP contribution in [-0.2, 0) is 14.3 Å². The number of piperidine rings is 1. The lowest BCUT2D eigenvalue weighted by atomic mass is 9.59. The fourth-order valence-corrected chi connectivity index (χ4v) is 4.63. The number of hydrogen-bond acceptors (Lipinski definition) is 9. The highest BCUT2D eigenvalue weighted by Crippen LogP contribution is 2.54. The molecule has 36 heavy (non-hydrogen) atoms. The van der Waals surface area contributed by atoms with Crippen molar-refractivity contribution in [2.75, 3.05) is 35.0 Å². The third kappa shape index (κ3) is 4.22. The van der Waals surface area contributed by atoms with Crippen molar-refractivity contribution >= 4 is 11.9 Å². The molecule has 1 amide bonds. The van der Waals surface area contributed by atoms with Gasteiger partial charge in [-0.15, -0.1) is 0 Å². The number of carbonyl (C=O) groups is 2. The summed E-state index contributed by atoms with van der Waals surface area (Å²) in [5.41, 5.74) is -1.24. The molecule has 188 valence electrons. The molecule has 0 aliphatic carbocycles. The maximum absolute atomic E-state index is 13.6. The van der Waals surface area contributed by atoms with E-state index in [4.69, 9.17) is 23.7 Å². The minimum Gasteiger partial charge on any atom is -0.493 e. The molecule has 4 atom stereocenters. The summed E-state index contributed by atoms with van der Waals surface area (Å²) in [7, 11) is 5.83. The molecule has 3 rings (SSSR count). The molecule has 4 unspecified atom stereocenters. The van der Waals surface area contributed by atoms with Crippen LogP contribution in [0.25, 0.3) is 0 Å². The molecule has 10 heteroatoms. The van der Waals surface area contributed by atoms with E-state index in [-0.39, 0.29) is 6.61 Å². The molecule has 1 aliphatic rings. The predicted molar refractivity (Wildman–Crippen MR) is 126 cm³/mol. The van der Waals surface area contributed by atoms with Gasteiger partial charge in [0.05, 0.1) is 53.2 Å². The van der Waals surface area contributed by atoms with Crippen molar-refractivity contribution in [1.29, 1.82) is 10.5 Å². The summed E-state index contributed by atoms with van der Waals surface area (Å²) >= 11 is 0. The number of ether oxygens (including phenoxy) is 5. The highest BCUT2D eigenvalue weighted by Gasteiger charge is 2.62. The number of nitrogens with one attached hydrogen (secondary N) is 1. The van der Waals surface area contributed by atoms with Crippen LogP contribution in [0.1, 0.15) is 30.0 Å². The van der Waals surface area contributed by atoms with E-state index in [2.05, 4.69) is 11.4 Å². The van der Waals surface area contributed by atoms with E-state index < -0.39 is 35.2 Å². The maximum Gasteiger partial charge on any atom is 0.329 e. The number of rotatable bonds is 8. The zero-order valence-electron chi connectivity index (χ0n) is 20.7. The zero-order valence-corrected chi connectivity index (χ0v) is 20.7. The number of hydrogen-bond donors (Lipinski definition) is 1. The van der Waals surface area contributed by atoms with Gasteiger partial charge in [-0.1, -0.05) is 12.1 Å². The molecule has 1 saturated heterocycles. The Morgan fingerprint density at radius 1 is 0.917 bits per heavy atom. The summed E-state index contributed by atoms with van der Waals surface area (Å²) in [4.78, 5) is 26.8. The molecule has 0 aromatic heterocycles. The highest BCUT2D eigenvalue weighted by molar-refractivity contribution is 5.92. The van der Waals surface area contributed by atoms with Crippen LogP contribution in [0.3, 0.4) is 0 Å². The second kappa shape index (κ2) is 10.9. The Kier molecular flexibility index (Phi) is 7.90. The summed E-state index contributed by atoms with van der Waals surface area (Å²) < 4.78 is 26.8. The first kappa shape index (κ1) is 26.2. The molecule has 1 aliphatic heterocycles. The van der Waals surface area contributed by atoms with Gasteiger partial charge in [0, 0.05) is 5.92 Å². The first-order chi connectivity index (χ1) is 17.4. The summed E-state index contributed by atoms with van der Waals surface area (Å²) in [6, 6.07) is 12.5. The Hall–Kier alpha value is -4.44. The van der Waals surface area contributed by atoms with Gasteiger partial charge in [-0.25, -0.2) is 0 Å². The molecule has 1 N–H and O–H groups in total. The summed E-state index contributed by atoms with van der Waals surface area (Å²) in [5.74, 6) is -2.58. The van der Waals surface area contributed by atoms with Gasteiger partial charge in [0.15, 0.2) is 28.4 Å². The molecular formula is C26H27N3O7. The summed E-state index contributed by atoms with van der Waals surface area (Å²) in [5, 5.41) is 23.4. The van der Waals surface area contributed by atoms with E-state index in [0.29, 0.717) is 34.1 Å². The van der Waals surface area contributed by atoms with Crippen LogP contribution in [-0.4, -0.2) is 46.9 Å². The van der Waals surface area contributed by atoms with Gasteiger partial charge in [-0.2, -0.15) is 10.5 Å². The van der Waals surface area contributed by atoms with Crippen molar-refractivity contribution < 1.29 is 33.3 Å². The minimum atomic E-state index is -2.01. The molecule has 0 bridgehead atoms. The van der Waals surface area contributed by atoms with Gasteiger partial charge >= 0.3 is 5.97 Å². The van der Waals surface area contributed by atoms with E-state index >= 15 is 0 Å². The SMILES string of the molecule is CCOC(=O)C1(C#N)C(c2ccc(OC)c(OC)c2)NC(=O)C(C#N)C1c1ccc(OC)c(OC)c1. The molecular weight excluding hydrogens is 466 g/mol. The van der Waals surface area contributed by atoms with Gasteiger partial charge in [-0.05, 0) is 42.3 Å². The molecule has 0 saturated carbocycles. The van der Waals surface area contributed by atoms with E-state index in [1.165, 1.54) is 28.4 Å². The highest BCUT2D eigenvalue weighted by atomic mass is 16.5. The van der Waals surface area contributed by atoms with Crippen molar-refractivity contribution in [3.8, 4) is 35.1 Å². The van der Waals surface area contributed by atoms with Gasteiger partial charge < -0.3 is 29.0 Å². The molecule has 10 nitrogen and oxygen atoms in total. The third-order valence-corrected chi connectivity index (χ3v) is 6.29. The average Bonchev–Trinajstić information content (AvgIpc) is 2.91. The van der Waals surface area contributed by atoms with Crippen molar-refractivity contribution in [3.05, 3.63) is 47.5 Å². The van der Waals surface area contributed by atoms with Crippen LogP contribution in [0, 0.1) is 34.0 Å². The van der Waals surface area contributed by atoms with Crippen molar-refractivity contribution in [2.45, 2.75) is 18.9 Å². The van der Waals surface area contributed by atoms with Gasteiger partial charge in [0.25, 0.3) is 0 Å². The Balaban J connectivity index is 2.35. The zero-order chi connectivity index (χ0) is 26.5. The van der Waals surface area contributed by atoms with E-state index in [0.717, 1.165) is 0 Å². The van der Waals surface area contributed by atoms with Crippen LogP contribution in [0.4, 0.5) is 0 Å². The average molecular weight is 494 g/mol. The topological polar surface area (TPSA) is 140 Å². The predicted octanol–water partition coefficient (Wildman–Crippen LogP) is 2.89. The van der Waals surface area contributed by atoms with Crippen molar-refractivity contribution in [2.24, 2.45) is 11.3 Å². The Labute approximate surface area is 209 Å². The van der Waals surface area contributed by atoms with Crippen LogP contribution in [0.5, 0.6) is 23.0 Å². The normalized spacial score (nSPS) is 22.9. The maximum atomic E-state index is 13.6. The number of nitriles is 2. The number of methoxy groups -OCH3 is 4. The Bertz CT molecular complexity index is 1230. The second-order valence-corrected chi connectivity index (χ2v) is 7.96. The van der Waals surface area contributed by atoms with E-state index in [1.54, 1.807) is 43.3 Å². The quantitative estimate of drug-likeness (QED) is 0.550. The molecule has 2 aromatic rings. The van der Waals surface area contributed by atoms with Crippen LogP contribution >= 0.6 is 0 Å². The van der Waals surface area contributed by atoms with Crippen LogP contribution < -0.4 is 24.3 Å². The first-order valence-electron chi connectivity index (χ1n) is 11.1. The standard InChI is InChI=1S/C26H27N3O7/c1-6-36-25(31)26(14-28)22(15-7-9-18(32-2)20(11-15)34-4)17(13-27)24(30)29-23(26)16-8-10-19(33-3)21(12-16)35-5/h7-12,17,22-23H,6H2,1-5H3,(H,29,30). The fourth-order valence-electron chi connectivity index (χ4n) is 4.63. The number of benzene rings is 2. The lowest BCUT2D eigenvalue weighted by Gasteiger charge is -2.45. The Morgan fingerprint density at radius 2 is 1.44 bits per heavy atom. The minimum absolute atomic E-state index is 0.00919. The van der Waals surface area contributed by atoms with Crippen molar-refractivity contribution in [3.63, 3.8) is 0 Å². The number of esters is 1. The Morgan fingerprint density at radius 3 is 1.92 bits per heavy atom. The second-order valence-electron chi connectivity index (χ2n) is 7.96. The smallest absolute Gasteiger partial charge is 0.329 e. The summed E-state index contributed by atoms with van der Waals surface area (Å²) in [6.45, 7) is 1.60. The lowest BCUT2D eigenvalue weighted by Crippen LogP contribution is -2.58. The third-order valence-electron chi connectivity index (χ3n) is 6.29. The van der Waals surface area contributed by atoms with Crippen molar-refractivity contribution in [1.82, 2.24) is 5.32 Å². The van der Waals surface area contributed by atoms with Gasteiger partial charge in [0.1, 0.15) is 5.92 Å². The summed E-state index contributed by atoms with van der Waals surface area (Å²) in [6.07, 6.45) is 0. The molecule has 0 radical (unpaired) electrons. The molecule has 1 fully saturated rings. The number of nitrogens with zero attached hydrogens (tertiary/aromatic N) is 2. The number of carbonyl (C=O) groups excluding carboxylic acids is 2. The van der Waals surface area contributed by atoms with Gasteiger partial charge in [0.2, 0.25) is 5.91 Å². The number of amides is 1. The lowest BCUT2D eigenvalue weighted by molar-refractivity contribution is -0.159. The fraction of sp³-hybridized carbons (Fsp3) is 0.385. The molecule has 0 spiro atoms. The van der Waals surface area contributed by atoms with Gasteiger partial charge in [-0.3, -0.25) is 9.59 Å². The monoisotopic (exact) mass is 493 g/mol. The largest absolute Gasteiger partial charge is 0.493 e. The molecule has 2 aromatic carbocycles. The van der Waals surface area contributed by atoms with E-state index in [9.17, 15) is 20.1 Å².